The maximum absolute atomic E-state index is 11.5. The fourth-order valence-electron chi connectivity index (χ4n) is 1.05. The third kappa shape index (κ3) is 2.32. The SMILES string of the molecule is CC(C(=O)N[C@@H](C)C(N)=O)=C1CNC1. The Labute approximate surface area is 82.7 Å². The van der Waals surface area contributed by atoms with E-state index in [4.69, 9.17) is 5.73 Å². The van der Waals surface area contributed by atoms with Crippen LogP contribution in [0.25, 0.3) is 0 Å². The molecule has 4 N–H and O–H groups in total. The average Bonchev–Trinajstić information content (AvgIpc) is 2.00. The Morgan fingerprint density at radius 3 is 2.43 bits per heavy atom. The molecule has 14 heavy (non-hydrogen) atoms. The second-order valence-corrected chi connectivity index (χ2v) is 3.43. The molecule has 5 heteroatoms. The van der Waals surface area contributed by atoms with Gasteiger partial charge in [0.2, 0.25) is 11.8 Å². The van der Waals surface area contributed by atoms with Gasteiger partial charge in [-0.2, -0.15) is 0 Å². The number of carbonyl (C=O) groups excluding carboxylic acids is 2. The van der Waals surface area contributed by atoms with Crippen molar-refractivity contribution >= 4 is 11.8 Å². The van der Waals surface area contributed by atoms with Crippen molar-refractivity contribution in [1.82, 2.24) is 10.6 Å². The Morgan fingerprint density at radius 2 is 2.07 bits per heavy atom. The molecule has 78 valence electrons. The number of carbonyl (C=O) groups is 2. The largest absolute Gasteiger partial charge is 0.368 e. The molecule has 5 nitrogen and oxygen atoms in total. The van der Waals surface area contributed by atoms with Gasteiger partial charge >= 0.3 is 0 Å². The van der Waals surface area contributed by atoms with E-state index in [0.29, 0.717) is 5.57 Å². The van der Waals surface area contributed by atoms with Crippen molar-refractivity contribution in [2.45, 2.75) is 19.9 Å². The first-order valence-corrected chi connectivity index (χ1v) is 4.52. The van der Waals surface area contributed by atoms with Crippen molar-refractivity contribution in [3.05, 3.63) is 11.1 Å². The maximum atomic E-state index is 11.5. The van der Waals surface area contributed by atoms with Crippen LogP contribution in [-0.2, 0) is 9.59 Å². The summed E-state index contributed by atoms with van der Waals surface area (Å²) in [6.07, 6.45) is 0. The number of rotatable bonds is 3. The zero-order valence-electron chi connectivity index (χ0n) is 8.39. The second kappa shape index (κ2) is 4.23. The molecule has 1 saturated heterocycles. The van der Waals surface area contributed by atoms with E-state index < -0.39 is 11.9 Å². The topological polar surface area (TPSA) is 84.2 Å². The van der Waals surface area contributed by atoms with Crippen molar-refractivity contribution in [2.75, 3.05) is 13.1 Å². The minimum Gasteiger partial charge on any atom is -0.368 e. The number of nitrogens with two attached hydrogens (primary N) is 1. The number of nitrogens with one attached hydrogen (secondary N) is 2. The summed E-state index contributed by atoms with van der Waals surface area (Å²) in [5.74, 6) is -0.740. The summed E-state index contributed by atoms with van der Waals surface area (Å²) < 4.78 is 0. The molecule has 0 radical (unpaired) electrons. The Kier molecular flexibility index (Phi) is 3.24. The number of amides is 2. The van der Waals surface area contributed by atoms with Crippen molar-refractivity contribution in [2.24, 2.45) is 5.73 Å². The molecule has 1 atom stereocenters. The van der Waals surface area contributed by atoms with Crippen LogP contribution < -0.4 is 16.4 Å². The molecule has 1 rings (SSSR count). The summed E-state index contributed by atoms with van der Waals surface area (Å²) in [5, 5.41) is 5.57. The summed E-state index contributed by atoms with van der Waals surface area (Å²) in [7, 11) is 0. The van der Waals surface area contributed by atoms with Gasteiger partial charge in [0.05, 0.1) is 0 Å². The van der Waals surface area contributed by atoms with Crippen molar-refractivity contribution < 1.29 is 9.59 Å². The van der Waals surface area contributed by atoms with Gasteiger partial charge in [-0.1, -0.05) is 0 Å². The lowest BCUT2D eigenvalue weighted by atomic mass is 10.0. The van der Waals surface area contributed by atoms with Crippen LogP contribution in [0, 0.1) is 0 Å². The fraction of sp³-hybridized carbons (Fsp3) is 0.556. The van der Waals surface area contributed by atoms with Gasteiger partial charge < -0.3 is 16.4 Å². The van der Waals surface area contributed by atoms with E-state index >= 15 is 0 Å². The van der Waals surface area contributed by atoms with Gasteiger partial charge in [0, 0.05) is 18.7 Å². The summed E-state index contributed by atoms with van der Waals surface area (Å²) in [5.41, 5.74) is 6.79. The lowest BCUT2D eigenvalue weighted by molar-refractivity contribution is -0.125. The molecule has 0 saturated carbocycles. The highest BCUT2D eigenvalue weighted by Crippen LogP contribution is 2.08. The molecular formula is C9H15N3O2. The quantitative estimate of drug-likeness (QED) is 0.502. The van der Waals surface area contributed by atoms with E-state index in [1.165, 1.54) is 0 Å². The Balaban J connectivity index is 2.54. The zero-order chi connectivity index (χ0) is 10.7. The van der Waals surface area contributed by atoms with E-state index in [9.17, 15) is 9.59 Å². The minimum atomic E-state index is -0.619. The minimum absolute atomic E-state index is 0.215. The lowest BCUT2D eigenvalue weighted by Gasteiger charge is -2.22. The zero-order valence-corrected chi connectivity index (χ0v) is 8.39. The molecule has 1 aliphatic heterocycles. The monoisotopic (exact) mass is 197 g/mol. The van der Waals surface area contributed by atoms with Gasteiger partial charge in [0.15, 0.2) is 0 Å². The molecule has 2 amide bonds. The average molecular weight is 197 g/mol. The van der Waals surface area contributed by atoms with E-state index in [1.807, 2.05) is 0 Å². The molecule has 1 aliphatic rings. The van der Waals surface area contributed by atoms with Crippen LogP contribution in [0.5, 0.6) is 0 Å². The molecule has 0 aromatic heterocycles. The standard InChI is InChI=1S/C9H15N3O2/c1-5(7-3-11-4-7)9(14)12-6(2)8(10)13/h6,11H,3-4H2,1-2H3,(H2,10,13)(H,12,14)/t6-/m0/s1. The maximum Gasteiger partial charge on any atom is 0.247 e. The first-order chi connectivity index (χ1) is 6.52. The molecule has 1 heterocycles. The molecule has 0 aromatic carbocycles. The molecule has 1 fully saturated rings. The predicted octanol–water partition coefficient (Wildman–Crippen LogP) is -1.10. The van der Waals surface area contributed by atoms with Gasteiger partial charge in [-0.25, -0.2) is 0 Å². The summed E-state index contributed by atoms with van der Waals surface area (Å²) in [4.78, 5) is 22.2. The second-order valence-electron chi connectivity index (χ2n) is 3.43. The first kappa shape index (κ1) is 10.7. The first-order valence-electron chi connectivity index (χ1n) is 4.52. The van der Waals surface area contributed by atoms with Crippen molar-refractivity contribution in [3.63, 3.8) is 0 Å². The van der Waals surface area contributed by atoms with Crippen LogP contribution in [0.2, 0.25) is 0 Å². The van der Waals surface area contributed by atoms with E-state index in [1.54, 1.807) is 13.8 Å². The third-order valence-electron chi connectivity index (χ3n) is 2.32. The van der Waals surface area contributed by atoms with Crippen LogP contribution in [0.1, 0.15) is 13.8 Å². The molecule has 0 bridgehead atoms. The van der Waals surface area contributed by atoms with Crippen LogP contribution in [0.15, 0.2) is 11.1 Å². The smallest absolute Gasteiger partial charge is 0.247 e. The Morgan fingerprint density at radius 1 is 1.50 bits per heavy atom. The number of hydrogen-bond acceptors (Lipinski definition) is 3. The van der Waals surface area contributed by atoms with Gasteiger partial charge in [-0.15, -0.1) is 0 Å². The van der Waals surface area contributed by atoms with E-state index in [2.05, 4.69) is 10.6 Å². The normalized spacial score (nSPS) is 16.9. The summed E-state index contributed by atoms with van der Waals surface area (Å²) in [6, 6.07) is -0.619. The van der Waals surface area contributed by atoms with Gasteiger partial charge in [0.1, 0.15) is 6.04 Å². The Bertz CT molecular complexity index is 290. The number of hydrogen-bond donors (Lipinski definition) is 3. The highest BCUT2D eigenvalue weighted by atomic mass is 16.2. The molecule has 0 aromatic rings. The molecule has 0 unspecified atom stereocenters. The van der Waals surface area contributed by atoms with E-state index in [0.717, 1.165) is 18.7 Å². The number of primary amides is 1. The van der Waals surface area contributed by atoms with E-state index in [-0.39, 0.29) is 5.91 Å². The Hall–Kier alpha value is -1.36. The van der Waals surface area contributed by atoms with Crippen LogP contribution in [0.3, 0.4) is 0 Å². The summed E-state index contributed by atoms with van der Waals surface area (Å²) in [6.45, 7) is 4.82. The third-order valence-corrected chi connectivity index (χ3v) is 2.32. The fourth-order valence-corrected chi connectivity index (χ4v) is 1.05. The highest BCUT2D eigenvalue weighted by Gasteiger charge is 2.18. The molecule has 0 aliphatic carbocycles. The van der Waals surface area contributed by atoms with Crippen LogP contribution in [-0.4, -0.2) is 30.9 Å². The van der Waals surface area contributed by atoms with Crippen LogP contribution in [0.4, 0.5) is 0 Å². The lowest BCUT2D eigenvalue weighted by Crippen LogP contribution is -2.44. The highest BCUT2D eigenvalue weighted by molar-refractivity contribution is 5.96. The van der Waals surface area contributed by atoms with Crippen molar-refractivity contribution in [1.29, 1.82) is 0 Å². The van der Waals surface area contributed by atoms with Crippen LogP contribution >= 0.6 is 0 Å². The van der Waals surface area contributed by atoms with Gasteiger partial charge in [-0.3, -0.25) is 9.59 Å². The van der Waals surface area contributed by atoms with Gasteiger partial charge in [0.25, 0.3) is 0 Å². The predicted molar refractivity (Wildman–Crippen MR) is 52.4 cm³/mol. The van der Waals surface area contributed by atoms with Gasteiger partial charge in [-0.05, 0) is 19.4 Å². The van der Waals surface area contributed by atoms with Crippen molar-refractivity contribution in [3.8, 4) is 0 Å². The summed E-state index contributed by atoms with van der Waals surface area (Å²) >= 11 is 0. The molecular weight excluding hydrogens is 182 g/mol. The molecule has 0 spiro atoms.